The average Bonchev–Trinajstić information content (AvgIpc) is 2.77. The SMILES string of the molecule is CCCNc1nc(Cc2nccn2C)c(Cl)cc1Cl. The molecule has 6 heteroatoms. The van der Waals surface area contributed by atoms with Crippen molar-refractivity contribution in [2.75, 3.05) is 11.9 Å². The third-order valence-corrected chi connectivity index (χ3v) is 3.41. The molecular formula is C13H16Cl2N4. The maximum atomic E-state index is 6.19. The van der Waals surface area contributed by atoms with E-state index in [2.05, 4.69) is 22.2 Å². The summed E-state index contributed by atoms with van der Waals surface area (Å²) >= 11 is 12.3. The molecular weight excluding hydrogens is 283 g/mol. The lowest BCUT2D eigenvalue weighted by molar-refractivity contribution is 0.811. The molecule has 0 fully saturated rings. The highest BCUT2D eigenvalue weighted by Crippen LogP contribution is 2.27. The first-order valence-electron chi connectivity index (χ1n) is 6.16. The van der Waals surface area contributed by atoms with Gasteiger partial charge < -0.3 is 9.88 Å². The summed E-state index contributed by atoms with van der Waals surface area (Å²) in [4.78, 5) is 8.77. The van der Waals surface area contributed by atoms with E-state index in [0.717, 1.165) is 24.5 Å². The zero-order valence-corrected chi connectivity index (χ0v) is 12.5. The minimum atomic E-state index is 0.544. The first kappa shape index (κ1) is 14.2. The molecule has 2 aromatic heterocycles. The molecule has 102 valence electrons. The van der Waals surface area contributed by atoms with E-state index in [4.69, 9.17) is 23.2 Å². The van der Waals surface area contributed by atoms with Crippen LogP contribution in [0.5, 0.6) is 0 Å². The Balaban J connectivity index is 2.27. The number of aromatic nitrogens is 3. The van der Waals surface area contributed by atoms with Crippen LogP contribution < -0.4 is 5.32 Å². The summed E-state index contributed by atoms with van der Waals surface area (Å²) in [6, 6.07) is 1.73. The molecule has 0 bridgehead atoms. The molecule has 2 aromatic rings. The number of imidazole rings is 1. The highest BCUT2D eigenvalue weighted by molar-refractivity contribution is 6.36. The molecule has 0 aliphatic carbocycles. The van der Waals surface area contributed by atoms with Gasteiger partial charge in [0.15, 0.2) is 0 Å². The molecule has 0 atom stereocenters. The summed E-state index contributed by atoms with van der Waals surface area (Å²) in [6.45, 7) is 2.92. The Bertz CT molecular complexity index is 566. The van der Waals surface area contributed by atoms with Gasteiger partial charge >= 0.3 is 0 Å². The molecule has 0 radical (unpaired) electrons. The molecule has 2 rings (SSSR count). The van der Waals surface area contributed by atoms with E-state index in [9.17, 15) is 0 Å². The van der Waals surface area contributed by atoms with Crippen molar-refractivity contribution in [1.29, 1.82) is 0 Å². The van der Waals surface area contributed by atoms with Crippen LogP contribution in [0.1, 0.15) is 24.9 Å². The monoisotopic (exact) mass is 298 g/mol. The van der Waals surface area contributed by atoms with Crippen molar-refractivity contribution in [1.82, 2.24) is 14.5 Å². The Hall–Kier alpha value is -1.26. The van der Waals surface area contributed by atoms with E-state index in [1.807, 2.05) is 17.8 Å². The summed E-state index contributed by atoms with van der Waals surface area (Å²) in [6.07, 6.45) is 5.25. The Morgan fingerprint density at radius 3 is 2.74 bits per heavy atom. The lowest BCUT2D eigenvalue weighted by atomic mass is 10.2. The Kier molecular flexibility index (Phi) is 4.66. The van der Waals surface area contributed by atoms with Crippen LogP contribution in [-0.2, 0) is 13.5 Å². The quantitative estimate of drug-likeness (QED) is 0.918. The van der Waals surface area contributed by atoms with Gasteiger partial charge in [0.25, 0.3) is 0 Å². The van der Waals surface area contributed by atoms with Crippen LogP contribution in [0.2, 0.25) is 10.0 Å². The Labute approximate surface area is 122 Å². The van der Waals surface area contributed by atoms with Gasteiger partial charge in [-0.25, -0.2) is 9.97 Å². The molecule has 0 unspecified atom stereocenters. The van der Waals surface area contributed by atoms with Crippen molar-refractivity contribution >= 4 is 29.0 Å². The largest absolute Gasteiger partial charge is 0.369 e. The van der Waals surface area contributed by atoms with Crippen molar-refractivity contribution in [2.24, 2.45) is 7.05 Å². The molecule has 0 aliphatic rings. The number of hydrogen-bond donors (Lipinski definition) is 1. The van der Waals surface area contributed by atoms with Gasteiger partial charge in [-0.05, 0) is 12.5 Å². The molecule has 19 heavy (non-hydrogen) atoms. The average molecular weight is 299 g/mol. The molecule has 0 amide bonds. The lowest BCUT2D eigenvalue weighted by Crippen LogP contribution is -2.06. The van der Waals surface area contributed by atoms with Gasteiger partial charge in [-0.1, -0.05) is 30.1 Å². The van der Waals surface area contributed by atoms with Crippen molar-refractivity contribution < 1.29 is 0 Å². The predicted molar refractivity (Wildman–Crippen MR) is 79.1 cm³/mol. The van der Waals surface area contributed by atoms with Crippen LogP contribution in [0.4, 0.5) is 5.82 Å². The van der Waals surface area contributed by atoms with Crippen molar-refractivity contribution in [3.63, 3.8) is 0 Å². The molecule has 0 aromatic carbocycles. The second-order valence-electron chi connectivity index (χ2n) is 4.31. The summed E-state index contributed by atoms with van der Waals surface area (Å²) in [5.41, 5.74) is 0.777. The van der Waals surface area contributed by atoms with Crippen LogP contribution in [0, 0.1) is 0 Å². The summed E-state index contributed by atoms with van der Waals surface area (Å²) < 4.78 is 1.95. The molecule has 0 saturated carbocycles. The third-order valence-electron chi connectivity index (χ3n) is 2.79. The molecule has 4 nitrogen and oxygen atoms in total. The zero-order chi connectivity index (χ0) is 13.8. The summed E-state index contributed by atoms with van der Waals surface area (Å²) in [7, 11) is 1.95. The first-order valence-corrected chi connectivity index (χ1v) is 6.92. The van der Waals surface area contributed by atoms with Crippen LogP contribution in [-0.4, -0.2) is 21.1 Å². The van der Waals surface area contributed by atoms with Crippen LogP contribution in [0.3, 0.4) is 0 Å². The van der Waals surface area contributed by atoms with E-state index >= 15 is 0 Å². The molecule has 0 aliphatic heterocycles. The second kappa shape index (κ2) is 6.26. The summed E-state index contributed by atoms with van der Waals surface area (Å²) in [5.74, 6) is 1.59. The lowest BCUT2D eigenvalue weighted by Gasteiger charge is -2.10. The Morgan fingerprint density at radius 2 is 2.11 bits per heavy atom. The minimum Gasteiger partial charge on any atom is -0.369 e. The van der Waals surface area contributed by atoms with Crippen molar-refractivity contribution in [2.45, 2.75) is 19.8 Å². The number of rotatable bonds is 5. The van der Waals surface area contributed by atoms with E-state index in [-0.39, 0.29) is 0 Å². The smallest absolute Gasteiger partial charge is 0.145 e. The fourth-order valence-corrected chi connectivity index (χ4v) is 2.20. The minimum absolute atomic E-state index is 0.544. The molecule has 2 heterocycles. The second-order valence-corrected chi connectivity index (χ2v) is 5.12. The standard InChI is InChI=1S/C13H16Cl2N4/c1-3-4-17-13-10(15)7-9(14)11(18-13)8-12-16-5-6-19(12)2/h5-7H,3-4,8H2,1-2H3,(H,17,18). The van der Waals surface area contributed by atoms with Gasteiger partial charge in [0, 0.05) is 32.4 Å². The van der Waals surface area contributed by atoms with E-state index in [0.29, 0.717) is 22.3 Å². The fraction of sp³-hybridized carbons (Fsp3) is 0.385. The summed E-state index contributed by atoms with van der Waals surface area (Å²) in [5, 5.41) is 4.30. The predicted octanol–water partition coefficient (Wildman–Crippen LogP) is 3.53. The highest BCUT2D eigenvalue weighted by Gasteiger charge is 2.11. The number of nitrogens with zero attached hydrogens (tertiary/aromatic N) is 3. The van der Waals surface area contributed by atoms with Gasteiger partial charge in [-0.15, -0.1) is 0 Å². The number of pyridine rings is 1. The van der Waals surface area contributed by atoms with Crippen molar-refractivity contribution in [3.05, 3.63) is 40.0 Å². The number of anilines is 1. The van der Waals surface area contributed by atoms with Crippen LogP contribution >= 0.6 is 23.2 Å². The highest BCUT2D eigenvalue weighted by atomic mass is 35.5. The molecule has 1 N–H and O–H groups in total. The molecule has 0 spiro atoms. The van der Waals surface area contributed by atoms with Crippen LogP contribution in [0.25, 0.3) is 0 Å². The Morgan fingerprint density at radius 1 is 1.32 bits per heavy atom. The van der Waals surface area contributed by atoms with E-state index < -0.39 is 0 Å². The molecule has 0 saturated heterocycles. The van der Waals surface area contributed by atoms with E-state index in [1.165, 1.54) is 0 Å². The van der Waals surface area contributed by atoms with Crippen LogP contribution in [0.15, 0.2) is 18.5 Å². The zero-order valence-electron chi connectivity index (χ0n) is 11.0. The van der Waals surface area contributed by atoms with Gasteiger partial charge in [0.2, 0.25) is 0 Å². The topological polar surface area (TPSA) is 42.7 Å². The number of hydrogen-bond acceptors (Lipinski definition) is 3. The van der Waals surface area contributed by atoms with Gasteiger partial charge in [-0.2, -0.15) is 0 Å². The van der Waals surface area contributed by atoms with Crippen molar-refractivity contribution in [3.8, 4) is 0 Å². The number of nitrogens with one attached hydrogen (secondary N) is 1. The number of halogens is 2. The normalized spacial score (nSPS) is 10.7. The fourth-order valence-electron chi connectivity index (χ4n) is 1.71. The van der Waals surface area contributed by atoms with Gasteiger partial charge in [-0.3, -0.25) is 0 Å². The maximum Gasteiger partial charge on any atom is 0.145 e. The number of aryl methyl sites for hydroxylation is 1. The first-order chi connectivity index (χ1) is 9.11. The van der Waals surface area contributed by atoms with E-state index in [1.54, 1.807) is 12.3 Å². The van der Waals surface area contributed by atoms with Gasteiger partial charge in [0.1, 0.15) is 11.6 Å². The van der Waals surface area contributed by atoms with Gasteiger partial charge in [0.05, 0.1) is 15.7 Å². The maximum absolute atomic E-state index is 6.19. The third kappa shape index (κ3) is 3.39.